The standard InChI is InChI=1S/C23H20ClN5O2/c24-20-13-21(27-14-26-20)29-10-6-17(7-11-29)28-23(30)16-3-1-15(2-4-16)22-18-8-12-31-19(18)5-9-25-22/h1-5,8-9,12-14,17H,6-7,10-11H2,(H,28,30). The Hall–Kier alpha value is -3.45. The van der Waals surface area contributed by atoms with Crippen LogP contribution >= 0.6 is 11.6 Å². The molecule has 0 saturated carbocycles. The number of benzene rings is 1. The SMILES string of the molecule is O=C(NC1CCN(c2cc(Cl)ncn2)CC1)c1ccc(-c2nccc3occc23)cc1. The summed E-state index contributed by atoms with van der Waals surface area (Å²) in [6, 6.07) is 13.1. The number of halogens is 1. The summed E-state index contributed by atoms with van der Waals surface area (Å²) < 4.78 is 5.45. The summed E-state index contributed by atoms with van der Waals surface area (Å²) >= 11 is 5.96. The highest BCUT2D eigenvalue weighted by Crippen LogP contribution is 2.27. The molecule has 156 valence electrons. The van der Waals surface area contributed by atoms with Gasteiger partial charge in [0, 0.05) is 47.9 Å². The number of nitrogens with one attached hydrogen (secondary N) is 1. The summed E-state index contributed by atoms with van der Waals surface area (Å²) in [7, 11) is 0. The summed E-state index contributed by atoms with van der Waals surface area (Å²) in [5.41, 5.74) is 3.21. The Morgan fingerprint density at radius 1 is 1.06 bits per heavy atom. The molecule has 5 rings (SSSR count). The van der Waals surface area contributed by atoms with Crippen LogP contribution < -0.4 is 10.2 Å². The summed E-state index contributed by atoms with van der Waals surface area (Å²) in [6.07, 6.45) is 6.54. The van der Waals surface area contributed by atoms with Gasteiger partial charge >= 0.3 is 0 Å². The van der Waals surface area contributed by atoms with Crippen LogP contribution in [0.3, 0.4) is 0 Å². The van der Waals surface area contributed by atoms with Gasteiger partial charge in [0.25, 0.3) is 5.91 Å². The number of piperidine rings is 1. The number of hydrogen-bond acceptors (Lipinski definition) is 6. The average Bonchev–Trinajstić information content (AvgIpc) is 3.29. The first-order chi connectivity index (χ1) is 15.2. The molecule has 1 aliphatic heterocycles. The lowest BCUT2D eigenvalue weighted by molar-refractivity contribution is 0.0931. The van der Waals surface area contributed by atoms with E-state index >= 15 is 0 Å². The largest absolute Gasteiger partial charge is 0.464 e. The fourth-order valence-electron chi connectivity index (χ4n) is 3.92. The van der Waals surface area contributed by atoms with Crippen LogP contribution in [-0.4, -0.2) is 40.0 Å². The van der Waals surface area contributed by atoms with Gasteiger partial charge in [0.15, 0.2) is 0 Å². The molecular formula is C23H20ClN5O2. The van der Waals surface area contributed by atoms with Gasteiger partial charge in [-0.05, 0) is 37.1 Å². The van der Waals surface area contributed by atoms with Crippen LogP contribution in [-0.2, 0) is 0 Å². The minimum Gasteiger partial charge on any atom is -0.464 e. The number of amides is 1. The van der Waals surface area contributed by atoms with E-state index < -0.39 is 0 Å². The number of pyridine rings is 1. The Morgan fingerprint density at radius 3 is 2.65 bits per heavy atom. The zero-order valence-corrected chi connectivity index (χ0v) is 17.4. The van der Waals surface area contributed by atoms with Crippen LogP contribution in [0.4, 0.5) is 5.82 Å². The Morgan fingerprint density at radius 2 is 1.87 bits per heavy atom. The predicted octanol–water partition coefficient (Wildman–Crippen LogP) is 4.34. The van der Waals surface area contributed by atoms with E-state index in [2.05, 4.69) is 25.2 Å². The number of aromatic nitrogens is 3. The van der Waals surface area contributed by atoms with Crippen LogP contribution in [0.2, 0.25) is 5.15 Å². The maximum absolute atomic E-state index is 12.7. The summed E-state index contributed by atoms with van der Waals surface area (Å²) in [6.45, 7) is 1.61. The van der Waals surface area contributed by atoms with Crippen molar-refractivity contribution in [3.63, 3.8) is 0 Å². The average molecular weight is 434 g/mol. The maximum atomic E-state index is 12.7. The molecule has 3 aromatic heterocycles. The molecule has 31 heavy (non-hydrogen) atoms. The fourth-order valence-corrected chi connectivity index (χ4v) is 4.06. The molecule has 8 heteroatoms. The van der Waals surface area contributed by atoms with Crippen LogP contribution in [0.1, 0.15) is 23.2 Å². The molecule has 1 amide bonds. The molecule has 1 aliphatic rings. The van der Waals surface area contributed by atoms with E-state index in [9.17, 15) is 4.79 Å². The van der Waals surface area contributed by atoms with Gasteiger partial charge in [-0.3, -0.25) is 9.78 Å². The molecule has 4 aromatic rings. The molecule has 1 fully saturated rings. The second kappa shape index (κ2) is 8.35. The molecule has 0 aliphatic carbocycles. The molecule has 0 unspecified atom stereocenters. The van der Waals surface area contributed by atoms with Crippen molar-refractivity contribution in [1.82, 2.24) is 20.3 Å². The van der Waals surface area contributed by atoms with Gasteiger partial charge in [-0.1, -0.05) is 23.7 Å². The fraction of sp³-hybridized carbons (Fsp3) is 0.217. The number of fused-ring (bicyclic) bond motifs is 1. The molecule has 1 N–H and O–H groups in total. The van der Waals surface area contributed by atoms with Gasteiger partial charge in [0.2, 0.25) is 0 Å². The highest BCUT2D eigenvalue weighted by atomic mass is 35.5. The van der Waals surface area contributed by atoms with E-state index in [4.69, 9.17) is 16.0 Å². The highest BCUT2D eigenvalue weighted by molar-refractivity contribution is 6.29. The molecule has 1 saturated heterocycles. The van der Waals surface area contributed by atoms with E-state index in [1.165, 1.54) is 6.33 Å². The van der Waals surface area contributed by atoms with Gasteiger partial charge in [-0.25, -0.2) is 9.97 Å². The van der Waals surface area contributed by atoms with Crippen LogP contribution in [0, 0.1) is 0 Å². The molecule has 0 atom stereocenters. The van der Waals surface area contributed by atoms with E-state index in [0.717, 1.165) is 54.0 Å². The summed E-state index contributed by atoms with van der Waals surface area (Å²) in [5.74, 6) is 0.756. The minimum atomic E-state index is -0.0652. The zero-order chi connectivity index (χ0) is 21.2. The van der Waals surface area contributed by atoms with Gasteiger partial charge in [0.1, 0.15) is 22.9 Å². The third-order valence-electron chi connectivity index (χ3n) is 5.57. The molecule has 4 heterocycles. The third-order valence-corrected chi connectivity index (χ3v) is 5.78. The Balaban J connectivity index is 1.22. The number of nitrogens with zero attached hydrogens (tertiary/aromatic N) is 4. The zero-order valence-electron chi connectivity index (χ0n) is 16.7. The Kier molecular flexibility index (Phi) is 5.26. The van der Waals surface area contributed by atoms with Gasteiger partial charge < -0.3 is 14.6 Å². The van der Waals surface area contributed by atoms with Crippen molar-refractivity contribution < 1.29 is 9.21 Å². The molecule has 0 bridgehead atoms. The van der Waals surface area contributed by atoms with Crippen LogP contribution in [0.5, 0.6) is 0 Å². The number of carbonyl (C=O) groups is 1. The predicted molar refractivity (Wildman–Crippen MR) is 119 cm³/mol. The number of anilines is 1. The first-order valence-electron chi connectivity index (χ1n) is 10.1. The second-order valence-electron chi connectivity index (χ2n) is 7.50. The van der Waals surface area contributed by atoms with E-state index in [0.29, 0.717) is 10.7 Å². The lowest BCUT2D eigenvalue weighted by Gasteiger charge is -2.33. The molecule has 7 nitrogen and oxygen atoms in total. The Bertz CT molecular complexity index is 1220. The van der Waals surface area contributed by atoms with E-state index in [-0.39, 0.29) is 11.9 Å². The number of furan rings is 1. The molecule has 0 radical (unpaired) electrons. The van der Waals surface area contributed by atoms with Crippen molar-refractivity contribution in [3.05, 3.63) is 72.0 Å². The van der Waals surface area contributed by atoms with Gasteiger partial charge in [-0.15, -0.1) is 0 Å². The van der Waals surface area contributed by atoms with Crippen LogP contribution in [0.25, 0.3) is 22.2 Å². The smallest absolute Gasteiger partial charge is 0.251 e. The monoisotopic (exact) mass is 433 g/mol. The van der Waals surface area contributed by atoms with Crippen molar-refractivity contribution in [2.24, 2.45) is 0 Å². The summed E-state index contributed by atoms with van der Waals surface area (Å²) in [4.78, 5) is 27.6. The van der Waals surface area contributed by atoms with Crippen molar-refractivity contribution in [2.75, 3.05) is 18.0 Å². The maximum Gasteiger partial charge on any atom is 0.251 e. The topological polar surface area (TPSA) is 84.2 Å². The number of carbonyl (C=O) groups excluding carboxylic acids is 1. The van der Waals surface area contributed by atoms with Crippen molar-refractivity contribution in [2.45, 2.75) is 18.9 Å². The lowest BCUT2D eigenvalue weighted by atomic mass is 10.0. The van der Waals surface area contributed by atoms with E-state index in [1.54, 1.807) is 18.5 Å². The van der Waals surface area contributed by atoms with Crippen molar-refractivity contribution >= 4 is 34.3 Å². The number of rotatable bonds is 4. The van der Waals surface area contributed by atoms with Gasteiger partial charge in [0.05, 0.1) is 12.0 Å². The molecule has 0 spiro atoms. The first-order valence-corrected chi connectivity index (χ1v) is 10.5. The number of hydrogen-bond donors (Lipinski definition) is 1. The Labute approximate surface area is 184 Å². The second-order valence-corrected chi connectivity index (χ2v) is 7.89. The normalized spacial score (nSPS) is 14.7. The van der Waals surface area contributed by atoms with Gasteiger partial charge in [-0.2, -0.15) is 0 Å². The van der Waals surface area contributed by atoms with Crippen molar-refractivity contribution in [1.29, 1.82) is 0 Å². The molecule has 1 aromatic carbocycles. The first kappa shape index (κ1) is 19.5. The van der Waals surface area contributed by atoms with E-state index in [1.807, 2.05) is 36.4 Å². The quantitative estimate of drug-likeness (QED) is 0.482. The summed E-state index contributed by atoms with van der Waals surface area (Å²) in [5, 5.41) is 4.54. The lowest BCUT2D eigenvalue weighted by Crippen LogP contribution is -2.45. The highest BCUT2D eigenvalue weighted by Gasteiger charge is 2.22. The van der Waals surface area contributed by atoms with Crippen molar-refractivity contribution in [3.8, 4) is 11.3 Å². The molecular weight excluding hydrogens is 414 g/mol. The van der Waals surface area contributed by atoms with Crippen LogP contribution in [0.15, 0.2) is 65.7 Å². The third kappa shape index (κ3) is 4.09. The minimum absolute atomic E-state index is 0.0652.